The number of benzene rings is 2. The summed E-state index contributed by atoms with van der Waals surface area (Å²) in [6, 6.07) is 16.8. The SMILES string of the molecule is COc1ccc(F)c2c1cc(C)n2CCNc1cc(-c2ccc(-c3cc(C)no3)cc2)ncn1. The molecule has 172 valence electrons. The van der Waals surface area contributed by atoms with E-state index in [2.05, 4.69) is 20.4 Å². The number of nitrogens with zero attached hydrogens (tertiary/aromatic N) is 4. The van der Waals surface area contributed by atoms with Crippen LogP contribution in [0.5, 0.6) is 5.75 Å². The fourth-order valence-electron chi connectivity index (χ4n) is 4.12. The van der Waals surface area contributed by atoms with E-state index in [1.165, 1.54) is 12.4 Å². The van der Waals surface area contributed by atoms with Gasteiger partial charge in [-0.05, 0) is 32.0 Å². The summed E-state index contributed by atoms with van der Waals surface area (Å²) >= 11 is 0. The van der Waals surface area contributed by atoms with Crippen molar-refractivity contribution in [2.45, 2.75) is 20.4 Å². The van der Waals surface area contributed by atoms with Crippen LogP contribution < -0.4 is 10.1 Å². The fraction of sp³-hybridized carbons (Fsp3) is 0.192. The molecule has 1 N–H and O–H groups in total. The third-order valence-electron chi connectivity index (χ3n) is 5.80. The maximum Gasteiger partial charge on any atom is 0.167 e. The summed E-state index contributed by atoms with van der Waals surface area (Å²) in [4.78, 5) is 8.74. The zero-order chi connectivity index (χ0) is 23.7. The van der Waals surface area contributed by atoms with Gasteiger partial charge in [-0.15, -0.1) is 0 Å². The maximum absolute atomic E-state index is 14.6. The lowest BCUT2D eigenvalue weighted by Gasteiger charge is -2.12. The molecule has 2 aromatic carbocycles. The second kappa shape index (κ2) is 8.97. The summed E-state index contributed by atoms with van der Waals surface area (Å²) < 4.78 is 27.2. The van der Waals surface area contributed by atoms with Gasteiger partial charge in [0, 0.05) is 47.4 Å². The number of hydrogen-bond acceptors (Lipinski definition) is 6. The molecular weight excluding hydrogens is 433 g/mol. The van der Waals surface area contributed by atoms with E-state index in [0.717, 1.165) is 39.4 Å². The van der Waals surface area contributed by atoms with Crippen LogP contribution in [-0.2, 0) is 6.54 Å². The van der Waals surface area contributed by atoms with Gasteiger partial charge in [0.15, 0.2) is 5.76 Å². The van der Waals surface area contributed by atoms with E-state index in [4.69, 9.17) is 9.26 Å². The van der Waals surface area contributed by atoms with E-state index >= 15 is 0 Å². The first kappa shape index (κ1) is 21.6. The molecule has 0 unspecified atom stereocenters. The highest BCUT2D eigenvalue weighted by Gasteiger charge is 2.14. The molecule has 7 nitrogen and oxygen atoms in total. The lowest BCUT2D eigenvalue weighted by molar-refractivity contribution is 0.419. The molecular formula is C26H24FN5O2. The monoisotopic (exact) mass is 457 g/mol. The van der Waals surface area contributed by atoms with E-state index in [1.54, 1.807) is 13.2 Å². The summed E-state index contributed by atoms with van der Waals surface area (Å²) in [5.41, 5.74) is 5.07. The molecule has 0 atom stereocenters. The van der Waals surface area contributed by atoms with Crippen molar-refractivity contribution >= 4 is 16.7 Å². The molecule has 0 bridgehead atoms. The third kappa shape index (κ3) is 4.10. The summed E-state index contributed by atoms with van der Waals surface area (Å²) in [6.45, 7) is 5.00. The molecule has 0 aliphatic carbocycles. The quantitative estimate of drug-likeness (QED) is 0.341. The predicted octanol–water partition coefficient (Wildman–Crippen LogP) is 5.63. The van der Waals surface area contributed by atoms with Crippen molar-refractivity contribution in [3.8, 4) is 28.3 Å². The second-order valence-corrected chi connectivity index (χ2v) is 8.07. The first-order valence-electron chi connectivity index (χ1n) is 11.0. The van der Waals surface area contributed by atoms with Crippen LogP contribution in [0.15, 0.2) is 65.4 Å². The molecule has 3 heterocycles. The van der Waals surface area contributed by atoms with Gasteiger partial charge in [-0.1, -0.05) is 29.4 Å². The van der Waals surface area contributed by atoms with E-state index in [0.29, 0.717) is 30.2 Å². The van der Waals surface area contributed by atoms with Gasteiger partial charge in [-0.2, -0.15) is 0 Å². The Kier molecular flexibility index (Phi) is 5.71. The van der Waals surface area contributed by atoms with Crippen molar-refractivity contribution in [1.82, 2.24) is 19.7 Å². The standard InChI is InChI=1S/C26H24FN5O2/c1-16-12-24(34-31-16)19-6-4-18(5-7-19)22-14-25(30-15-29-22)28-10-11-32-17(2)13-20-23(33-3)9-8-21(27)26(20)32/h4-9,12-15H,10-11H2,1-3H3,(H,28,29,30). The highest BCUT2D eigenvalue weighted by molar-refractivity contribution is 5.88. The smallest absolute Gasteiger partial charge is 0.167 e. The van der Waals surface area contributed by atoms with E-state index in [9.17, 15) is 4.39 Å². The van der Waals surface area contributed by atoms with Crippen LogP contribution in [0.25, 0.3) is 33.5 Å². The number of fused-ring (bicyclic) bond motifs is 1. The molecule has 0 aliphatic rings. The van der Waals surface area contributed by atoms with Crippen molar-refractivity contribution < 1.29 is 13.7 Å². The molecule has 5 aromatic rings. The van der Waals surface area contributed by atoms with Gasteiger partial charge in [0.05, 0.1) is 24.0 Å². The second-order valence-electron chi connectivity index (χ2n) is 8.07. The van der Waals surface area contributed by atoms with Gasteiger partial charge in [-0.25, -0.2) is 14.4 Å². The van der Waals surface area contributed by atoms with Gasteiger partial charge >= 0.3 is 0 Å². The minimum Gasteiger partial charge on any atom is -0.496 e. The number of nitrogens with one attached hydrogen (secondary N) is 1. The van der Waals surface area contributed by atoms with Gasteiger partial charge < -0.3 is 19.1 Å². The molecule has 3 aromatic heterocycles. The highest BCUT2D eigenvalue weighted by Crippen LogP contribution is 2.31. The minimum atomic E-state index is -0.267. The molecule has 8 heteroatoms. The lowest BCUT2D eigenvalue weighted by Crippen LogP contribution is -2.13. The molecule has 0 saturated carbocycles. The third-order valence-corrected chi connectivity index (χ3v) is 5.80. The number of rotatable bonds is 7. The number of ether oxygens (including phenoxy) is 1. The summed E-state index contributed by atoms with van der Waals surface area (Å²) in [7, 11) is 1.59. The van der Waals surface area contributed by atoms with Crippen molar-refractivity contribution in [3.05, 3.63) is 78.1 Å². The van der Waals surface area contributed by atoms with Crippen LogP contribution in [0.2, 0.25) is 0 Å². The number of anilines is 1. The Morgan fingerprint density at radius 3 is 2.53 bits per heavy atom. The van der Waals surface area contributed by atoms with Gasteiger partial charge in [0.2, 0.25) is 0 Å². The maximum atomic E-state index is 14.6. The summed E-state index contributed by atoms with van der Waals surface area (Å²) in [6.07, 6.45) is 1.53. The average molecular weight is 458 g/mol. The van der Waals surface area contributed by atoms with Crippen LogP contribution in [-0.4, -0.2) is 33.3 Å². The topological polar surface area (TPSA) is 78.0 Å². The molecule has 34 heavy (non-hydrogen) atoms. The fourth-order valence-corrected chi connectivity index (χ4v) is 4.12. The predicted molar refractivity (Wildman–Crippen MR) is 129 cm³/mol. The largest absolute Gasteiger partial charge is 0.496 e. The van der Waals surface area contributed by atoms with E-state index < -0.39 is 0 Å². The molecule has 0 radical (unpaired) electrons. The van der Waals surface area contributed by atoms with Crippen LogP contribution in [0.4, 0.5) is 10.2 Å². The van der Waals surface area contributed by atoms with Crippen LogP contribution in [0.1, 0.15) is 11.4 Å². The van der Waals surface area contributed by atoms with Crippen LogP contribution in [0, 0.1) is 19.7 Å². The van der Waals surface area contributed by atoms with E-state index in [-0.39, 0.29) is 5.82 Å². The zero-order valence-electron chi connectivity index (χ0n) is 19.2. The first-order chi connectivity index (χ1) is 16.5. The van der Waals surface area contributed by atoms with Crippen molar-refractivity contribution in [2.24, 2.45) is 0 Å². The molecule has 0 amide bonds. The van der Waals surface area contributed by atoms with Gasteiger partial charge in [0.1, 0.15) is 23.7 Å². The number of halogens is 1. The normalized spacial score (nSPS) is 11.2. The van der Waals surface area contributed by atoms with Crippen molar-refractivity contribution in [1.29, 1.82) is 0 Å². The molecule has 0 aliphatic heterocycles. The molecule has 0 saturated heterocycles. The van der Waals surface area contributed by atoms with Crippen LogP contribution in [0.3, 0.4) is 0 Å². The highest BCUT2D eigenvalue weighted by atomic mass is 19.1. The lowest BCUT2D eigenvalue weighted by atomic mass is 10.1. The van der Waals surface area contributed by atoms with Gasteiger partial charge in [0.25, 0.3) is 0 Å². The van der Waals surface area contributed by atoms with Crippen molar-refractivity contribution in [3.63, 3.8) is 0 Å². The summed E-state index contributed by atoms with van der Waals surface area (Å²) in [5, 5.41) is 8.03. The Balaban J connectivity index is 1.30. The summed E-state index contributed by atoms with van der Waals surface area (Å²) in [5.74, 6) is 1.83. The Morgan fingerprint density at radius 1 is 1.00 bits per heavy atom. The number of hydrogen-bond donors (Lipinski definition) is 1. The van der Waals surface area contributed by atoms with Crippen molar-refractivity contribution in [2.75, 3.05) is 19.0 Å². The Morgan fingerprint density at radius 2 is 1.79 bits per heavy atom. The van der Waals surface area contributed by atoms with Gasteiger partial charge in [-0.3, -0.25) is 0 Å². The number of methoxy groups -OCH3 is 1. The van der Waals surface area contributed by atoms with Crippen LogP contribution >= 0.6 is 0 Å². The minimum absolute atomic E-state index is 0.267. The average Bonchev–Trinajstić information content (AvgIpc) is 3.43. The molecule has 5 rings (SSSR count). The Hall–Kier alpha value is -4.20. The number of aromatic nitrogens is 4. The molecule has 0 spiro atoms. The zero-order valence-corrected chi connectivity index (χ0v) is 19.2. The first-order valence-corrected chi connectivity index (χ1v) is 11.0. The van der Waals surface area contributed by atoms with E-state index in [1.807, 2.05) is 60.9 Å². The Bertz CT molecular complexity index is 1460. The molecule has 0 fully saturated rings. The number of aryl methyl sites for hydroxylation is 2. The Labute approximate surface area is 196 Å².